The van der Waals surface area contributed by atoms with Crippen molar-refractivity contribution >= 4 is 18.0 Å². The number of nitrogens with one attached hydrogen (secondary N) is 1. The van der Waals surface area contributed by atoms with Crippen LogP contribution in [0.3, 0.4) is 0 Å². The number of carbonyl (C=O) groups excluding carboxylic acids is 2. The molecule has 0 saturated heterocycles. The van der Waals surface area contributed by atoms with Gasteiger partial charge in [-0.2, -0.15) is 5.10 Å². The van der Waals surface area contributed by atoms with Gasteiger partial charge >= 0.3 is 11.8 Å². The minimum atomic E-state index is -1.06. The third-order valence-corrected chi connectivity index (χ3v) is 2.03. The molecule has 3 N–H and O–H groups in total. The van der Waals surface area contributed by atoms with Crippen molar-refractivity contribution in [1.29, 1.82) is 0 Å². The summed E-state index contributed by atoms with van der Waals surface area (Å²) in [6.07, 6.45) is 1.48. The number of hydrogen-bond acceptors (Lipinski definition) is 3. The molecule has 0 fully saturated rings. The molecule has 0 saturated carbocycles. The predicted octanol–water partition coefficient (Wildman–Crippen LogP) is 0.239. The van der Waals surface area contributed by atoms with Crippen LogP contribution in [0.4, 0.5) is 0 Å². The first-order valence-electron chi connectivity index (χ1n) is 4.71. The zero-order valence-electron chi connectivity index (χ0n) is 9.15. The summed E-state index contributed by atoms with van der Waals surface area (Å²) in [7, 11) is 0. The Balaban J connectivity index is 2.73. The Morgan fingerprint density at radius 1 is 1.38 bits per heavy atom. The first kappa shape index (κ1) is 11.9. The summed E-state index contributed by atoms with van der Waals surface area (Å²) < 4.78 is 0. The molecule has 0 heterocycles. The second-order valence-electron chi connectivity index (χ2n) is 3.42. The maximum absolute atomic E-state index is 10.8. The molecule has 5 heteroatoms. The lowest BCUT2D eigenvalue weighted by molar-refractivity contribution is -0.137. The van der Waals surface area contributed by atoms with Gasteiger partial charge < -0.3 is 5.73 Å². The third kappa shape index (κ3) is 3.20. The number of aryl methyl sites for hydroxylation is 2. The fourth-order valence-electron chi connectivity index (χ4n) is 1.11. The Bertz CT molecular complexity index is 453. The van der Waals surface area contributed by atoms with Crippen LogP contribution in [0.5, 0.6) is 0 Å². The Hall–Kier alpha value is -2.17. The summed E-state index contributed by atoms with van der Waals surface area (Å²) in [5.41, 5.74) is 9.78. The Kier molecular flexibility index (Phi) is 3.77. The molecule has 5 nitrogen and oxygen atoms in total. The van der Waals surface area contributed by atoms with Gasteiger partial charge in [-0.15, -0.1) is 0 Å². The number of hydrogen-bond donors (Lipinski definition) is 2. The van der Waals surface area contributed by atoms with Gasteiger partial charge in [-0.25, -0.2) is 5.43 Å². The lowest BCUT2D eigenvalue weighted by atomic mass is 10.1. The van der Waals surface area contributed by atoms with Crippen LogP contribution in [0.25, 0.3) is 0 Å². The quantitative estimate of drug-likeness (QED) is 0.424. The van der Waals surface area contributed by atoms with Crippen molar-refractivity contribution in [3.05, 3.63) is 34.9 Å². The minimum Gasteiger partial charge on any atom is -0.361 e. The monoisotopic (exact) mass is 219 g/mol. The summed E-state index contributed by atoms with van der Waals surface area (Å²) in [6.45, 7) is 3.88. The van der Waals surface area contributed by atoms with E-state index >= 15 is 0 Å². The van der Waals surface area contributed by atoms with E-state index in [9.17, 15) is 9.59 Å². The first-order valence-corrected chi connectivity index (χ1v) is 4.71. The lowest BCUT2D eigenvalue weighted by Crippen LogP contribution is -2.32. The molecule has 16 heavy (non-hydrogen) atoms. The van der Waals surface area contributed by atoms with Crippen LogP contribution in [0.2, 0.25) is 0 Å². The topological polar surface area (TPSA) is 84.6 Å². The van der Waals surface area contributed by atoms with E-state index in [-0.39, 0.29) is 0 Å². The highest BCUT2D eigenvalue weighted by Gasteiger charge is 2.05. The molecule has 1 aromatic carbocycles. The van der Waals surface area contributed by atoms with E-state index in [1.165, 1.54) is 6.21 Å². The van der Waals surface area contributed by atoms with Gasteiger partial charge in [0, 0.05) is 0 Å². The van der Waals surface area contributed by atoms with Crippen molar-refractivity contribution in [2.45, 2.75) is 13.8 Å². The Morgan fingerprint density at radius 3 is 2.69 bits per heavy atom. The van der Waals surface area contributed by atoms with E-state index in [1.807, 2.05) is 37.5 Å². The lowest BCUT2D eigenvalue weighted by Gasteiger charge is -2.01. The summed E-state index contributed by atoms with van der Waals surface area (Å²) in [6, 6.07) is 5.86. The number of carbonyl (C=O) groups is 2. The largest absolute Gasteiger partial charge is 0.361 e. The van der Waals surface area contributed by atoms with Gasteiger partial charge in [0.05, 0.1) is 6.21 Å². The highest BCUT2D eigenvalue weighted by atomic mass is 16.2. The molecule has 0 aliphatic rings. The van der Waals surface area contributed by atoms with Gasteiger partial charge in [0.2, 0.25) is 0 Å². The van der Waals surface area contributed by atoms with E-state index in [0.717, 1.165) is 16.7 Å². The Labute approximate surface area is 93.3 Å². The molecule has 84 valence electrons. The average Bonchev–Trinajstić information content (AvgIpc) is 2.22. The summed E-state index contributed by atoms with van der Waals surface area (Å²) in [4.78, 5) is 21.2. The number of hydrazone groups is 1. The SMILES string of the molecule is Cc1ccc(C)c(/C=N/NC(=O)C(N)=O)c1. The molecule has 1 aromatic rings. The minimum absolute atomic E-state index is 0.879. The van der Waals surface area contributed by atoms with E-state index < -0.39 is 11.8 Å². The molecule has 0 unspecified atom stereocenters. The van der Waals surface area contributed by atoms with E-state index in [1.54, 1.807) is 0 Å². The molecule has 0 aliphatic heterocycles. The van der Waals surface area contributed by atoms with Crippen LogP contribution in [-0.4, -0.2) is 18.0 Å². The zero-order valence-corrected chi connectivity index (χ0v) is 9.15. The second-order valence-corrected chi connectivity index (χ2v) is 3.42. The van der Waals surface area contributed by atoms with Crippen molar-refractivity contribution in [2.24, 2.45) is 10.8 Å². The van der Waals surface area contributed by atoms with Crippen molar-refractivity contribution in [3.8, 4) is 0 Å². The van der Waals surface area contributed by atoms with Crippen molar-refractivity contribution in [2.75, 3.05) is 0 Å². The highest BCUT2D eigenvalue weighted by Crippen LogP contribution is 2.07. The zero-order chi connectivity index (χ0) is 12.1. The fraction of sp³-hybridized carbons (Fsp3) is 0.182. The maximum Gasteiger partial charge on any atom is 0.329 e. The highest BCUT2D eigenvalue weighted by molar-refractivity contribution is 6.34. The molecular formula is C11H13N3O2. The van der Waals surface area contributed by atoms with Gasteiger partial charge in [0.15, 0.2) is 0 Å². The van der Waals surface area contributed by atoms with Gasteiger partial charge in [0.25, 0.3) is 0 Å². The smallest absolute Gasteiger partial charge is 0.329 e. The summed E-state index contributed by atoms with van der Waals surface area (Å²) in [5, 5.41) is 3.64. The predicted molar refractivity (Wildman–Crippen MR) is 60.8 cm³/mol. The van der Waals surface area contributed by atoms with Crippen LogP contribution < -0.4 is 11.2 Å². The average molecular weight is 219 g/mol. The molecule has 0 bridgehead atoms. The molecule has 0 spiro atoms. The summed E-state index contributed by atoms with van der Waals surface area (Å²) >= 11 is 0. The number of nitrogens with two attached hydrogens (primary N) is 1. The number of amides is 2. The van der Waals surface area contributed by atoms with E-state index in [4.69, 9.17) is 5.73 Å². The summed E-state index contributed by atoms with van der Waals surface area (Å²) in [5.74, 6) is -1.99. The van der Waals surface area contributed by atoms with Crippen molar-refractivity contribution < 1.29 is 9.59 Å². The third-order valence-electron chi connectivity index (χ3n) is 2.03. The van der Waals surface area contributed by atoms with Gasteiger partial charge in [-0.05, 0) is 25.0 Å². The van der Waals surface area contributed by atoms with Crippen molar-refractivity contribution in [3.63, 3.8) is 0 Å². The molecule has 0 atom stereocenters. The molecule has 0 radical (unpaired) electrons. The number of benzene rings is 1. The maximum atomic E-state index is 10.8. The van der Waals surface area contributed by atoms with Gasteiger partial charge in [-0.3, -0.25) is 9.59 Å². The molecule has 1 rings (SSSR count). The van der Waals surface area contributed by atoms with Crippen LogP contribution in [0.15, 0.2) is 23.3 Å². The molecule has 0 aliphatic carbocycles. The van der Waals surface area contributed by atoms with Crippen LogP contribution in [0.1, 0.15) is 16.7 Å². The van der Waals surface area contributed by atoms with Gasteiger partial charge in [-0.1, -0.05) is 23.8 Å². The number of rotatable bonds is 2. The molecule has 2 amide bonds. The standard InChI is InChI=1S/C11H13N3O2/c1-7-3-4-8(2)9(5-7)6-13-14-11(16)10(12)15/h3-6H,1-2H3,(H2,12,15)(H,14,16)/b13-6+. The van der Waals surface area contributed by atoms with Crippen LogP contribution in [0, 0.1) is 13.8 Å². The normalized spacial score (nSPS) is 10.4. The molecular weight excluding hydrogens is 206 g/mol. The van der Waals surface area contributed by atoms with Crippen LogP contribution >= 0.6 is 0 Å². The van der Waals surface area contributed by atoms with Crippen LogP contribution in [-0.2, 0) is 9.59 Å². The van der Waals surface area contributed by atoms with Gasteiger partial charge in [0.1, 0.15) is 0 Å². The van der Waals surface area contributed by atoms with Crippen molar-refractivity contribution in [1.82, 2.24) is 5.43 Å². The first-order chi connectivity index (χ1) is 7.50. The number of nitrogens with zero attached hydrogens (tertiary/aromatic N) is 1. The fourth-order valence-corrected chi connectivity index (χ4v) is 1.11. The number of primary amides is 1. The van der Waals surface area contributed by atoms with E-state index in [2.05, 4.69) is 5.10 Å². The Morgan fingerprint density at radius 2 is 2.06 bits per heavy atom. The second kappa shape index (κ2) is 5.06. The van der Waals surface area contributed by atoms with E-state index in [0.29, 0.717) is 0 Å². The molecule has 0 aromatic heterocycles.